The minimum absolute atomic E-state index is 0. The number of carbonyl (C=O) groups excluding carboxylic acids is 2. The summed E-state index contributed by atoms with van der Waals surface area (Å²) < 4.78 is 42.5. The van der Waals surface area contributed by atoms with Gasteiger partial charge in [-0.3, -0.25) is 14.0 Å². The molecule has 13 heteroatoms. The molecule has 0 saturated carbocycles. The first-order valence-corrected chi connectivity index (χ1v) is 17.8. The molecule has 1 aliphatic carbocycles. The monoisotopic (exact) mass is 732 g/mol. The van der Waals surface area contributed by atoms with E-state index < -0.39 is 41.4 Å². The van der Waals surface area contributed by atoms with Crippen molar-refractivity contribution in [2.75, 3.05) is 27.6 Å². The van der Waals surface area contributed by atoms with E-state index in [9.17, 15) is 27.4 Å². The molecule has 0 spiro atoms. The fourth-order valence-corrected chi connectivity index (χ4v) is 7.07. The number of hydrogen-bond donors (Lipinski definition) is 3. The zero-order valence-corrected chi connectivity index (χ0v) is 29.7. The van der Waals surface area contributed by atoms with Crippen LogP contribution in [0.3, 0.4) is 0 Å². The number of alkyl halides is 2. The average molecular weight is 733 g/mol. The third-order valence-electron chi connectivity index (χ3n) is 8.59. The quantitative estimate of drug-likeness (QED) is 0.131. The van der Waals surface area contributed by atoms with E-state index in [0.717, 1.165) is 36.1 Å². The number of nitrogens with one attached hydrogen (secondary N) is 2. The Morgan fingerprint density at radius 1 is 0.904 bits per heavy atom. The van der Waals surface area contributed by atoms with Crippen LogP contribution >= 0.6 is 0 Å². The van der Waals surface area contributed by atoms with Crippen LogP contribution in [0.4, 0.5) is 30.6 Å². The van der Waals surface area contributed by atoms with Gasteiger partial charge in [0, 0.05) is 29.2 Å². The van der Waals surface area contributed by atoms with Crippen molar-refractivity contribution >= 4 is 51.5 Å². The summed E-state index contributed by atoms with van der Waals surface area (Å²) >= 11 is 0. The molecular weight excluding hydrogens is 691 g/mol. The van der Waals surface area contributed by atoms with Crippen LogP contribution in [0.2, 0.25) is 0 Å². The van der Waals surface area contributed by atoms with Gasteiger partial charge in [-0.05, 0) is 110 Å². The van der Waals surface area contributed by atoms with Crippen molar-refractivity contribution in [3.8, 4) is 0 Å². The van der Waals surface area contributed by atoms with Gasteiger partial charge in [-0.1, -0.05) is 54.6 Å². The molecule has 274 valence electrons. The van der Waals surface area contributed by atoms with E-state index in [1.807, 2.05) is 79.8 Å². The fraction of sp³-hybridized carbons (Fsp3) is 0.256. The smallest absolute Gasteiger partial charge is 0.376 e. The van der Waals surface area contributed by atoms with Crippen molar-refractivity contribution in [2.24, 2.45) is 0 Å². The van der Waals surface area contributed by atoms with Crippen LogP contribution in [0.1, 0.15) is 59.7 Å². The second-order valence-electron chi connectivity index (χ2n) is 12.2. The van der Waals surface area contributed by atoms with Gasteiger partial charge < -0.3 is 21.2 Å². The van der Waals surface area contributed by atoms with E-state index in [1.165, 1.54) is 24.1 Å². The number of benzene rings is 4. The van der Waals surface area contributed by atoms with Gasteiger partial charge in [0.15, 0.2) is 11.0 Å². The summed E-state index contributed by atoms with van der Waals surface area (Å²) in [6.45, 7) is 3.05. The van der Waals surface area contributed by atoms with Crippen molar-refractivity contribution in [3.05, 3.63) is 125 Å². The van der Waals surface area contributed by atoms with Gasteiger partial charge in [0.1, 0.15) is 0 Å². The Hall–Kier alpha value is -5.40. The maximum absolute atomic E-state index is 14.0. The van der Waals surface area contributed by atoms with E-state index in [1.54, 1.807) is 33.5 Å². The highest BCUT2D eigenvalue weighted by atomic mass is 32.2. The Labute approximate surface area is 304 Å². The Morgan fingerprint density at radius 3 is 2.21 bits per heavy atom. The number of carbonyl (C=O) groups is 3. The second-order valence-corrected chi connectivity index (χ2v) is 13.6. The molecule has 0 aromatic heterocycles. The van der Waals surface area contributed by atoms with Crippen LogP contribution < -0.4 is 19.8 Å². The van der Waals surface area contributed by atoms with Gasteiger partial charge in [-0.25, -0.2) is 13.8 Å². The summed E-state index contributed by atoms with van der Waals surface area (Å²) in [6.07, 6.45) is 6.57. The lowest BCUT2D eigenvalue weighted by Crippen LogP contribution is -2.42. The van der Waals surface area contributed by atoms with Gasteiger partial charge in [0.05, 0.1) is 18.0 Å². The van der Waals surface area contributed by atoms with Gasteiger partial charge in [-0.2, -0.15) is 8.78 Å². The lowest BCUT2D eigenvalue weighted by Gasteiger charge is -2.25. The van der Waals surface area contributed by atoms with Crippen molar-refractivity contribution in [1.82, 2.24) is 5.32 Å². The highest BCUT2D eigenvalue weighted by Crippen LogP contribution is 2.30. The third-order valence-corrected chi connectivity index (χ3v) is 10.3. The molecule has 3 amide bonds. The van der Waals surface area contributed by atoms with E-state index in [2.05, 4.69) is 11.4 Å². The molecule has 0 radical (unpaired) electrons. The molecule has 4 aromatic carbocycles. The first-order valence-electron chi connectivity index (χ1n) is 16.7. The Balaban J connectivity index is 0.00000605. The molecule has 1 unspecified atom stereocenters. The lowest BCUT2D eigenvalue weighted by molar-refractivity contribution is -0.163. The number of amides is 3. The summed E-state index contributed by atoms with van der Waals surface area (Å²) in [5.74, 6) is -7.28. The van der Waals surface area contributed by atoms with Crippen molar-refractivity contribution in [2.45, 2.75) is 56.9 Å². The van der Waals surface area contributed by atoms with Crippen molar-refractivity contribution in [3.63, 3.8) is 0 Å². The number of halogens is 2. The van der Waals surface area contributed by atoms with Gasteiger partial charge in [0.2, 0.25) is 0 Å². The third kappa shape index (κ3) is 9.68. The number of aliphatic carboxylic acids is 1. The molecule has 0 fully saturated rings. The first kappa shape index (κ1) is 39.4. The number of para-hydroxylation sites is 1. The molecule has 0 bridgehead atoms. The predicted octanol–water partition coefficient (Wildman–Crippen LogP) is 7.37. The maximum Gasteiger partial charge on any atom is 0.376 e. The SMILES string of the molecule is CCN(c1ccccc1)S(=O)c1cc(NC(=O)N(Cc2ccc(C(=O)NCC(F)(F)C(=O)O)cc2)c2ccc(C3=CCCCC3)cc2)ccc1C.O. The molecule has 1 aliphatic rings. The van der Waals surface area contributed by atoms with E-state index in [4.69, 9.17) is 5.11 Å². The zero-order valence-electron chi connectivity index (χ0n) is 28.9. The molecule has 4 aromatic rings. The Kier molecular flexibility index (Phi) is 13.4. The van der Waals surface area contributed by atoms with Crippen molar-refractivity contribution < 1.29 is 38.0 Å². The molecule has 10 nitrogen and oxygen atoms in total. The molecule has 1 atom stereocenters. The first-order chi connectivity index (χ1) is 24.5. The van der Waals surface area contributed by atoms with Gasteiger partial charge in [0.25, 0.3) is 5.91 Å². The van der Waals surface area contributed by atoms with Crippen molar-refractivity contribution in [1.29, 1.82) is 0 Å². The number of aryl methyl sites for hydroxylation is 1. The van der Waals surface area contributed by atoms with E-state index >= 15 is 0 Å². The Morgan fingerprint density at radius 2 is 1.60 bits per heavy atom. The summed E-state index contributed by atoms with van der Waals surface area (Å²) in [5, 5.41) is 13.5. The second kappa shape index (κ2) is 17.7. The molecule has 52 heavy (non-hydrogen) atoms. The van der Waals surface area contributed by atoms with E-state index in [-0.39, 0.29) is 17.6 Å². The number of carboxylic acids is 1. The highest BCUT2D eigenvalue weighted by Gasteiger charge is 2.39. The molecule has 0 heterocycles. The number of carboxylic acid groups (broad SMARTS) is 1. The summed E-state index contributed by atoms with van der Waals surface area (Å²) in [4.78, 5) is 39.3. The van der Waals surface area contributed by atoms with Crippen LogP contribution in [0.25, 0.3) is 5.57 Å². The summed E-state index contributed by atoms with van der Waals surface area (Å²) in [7, 11) is -1.55. The van der Waals surface area contributed by atoms with Crippen LogP contribution in [-0.2, 0) is 22.3 Å². The number of hydrogen-bond acceptors (Lipinski definition) is 4. The number of anilines is 3. The van der Waals surface area contributed by atoms with Crippen LogP contribution in [0.15, 0.2) is 108 Å². The molecule has 0 saturated heterocycles. The fourth-order valence-electron chi connectivity index (χ4n) is 5.71. The zero-order chi connectivity index (χ0) is 36.5. The number of urea groups is 1. The topological polar surface area (TPSA) is 151 Å². The minimum atomic E-state index is -4.10. The average Bonchev–Trinajstić information content (AvgIpc) is 3.15. The van der Waals surface area contributed by atoms with Gasteiger partial charge in [-0.15, -0.1) is 0 Å². The number of rotatable bonds is 13. The van der Waals surface area contributed by atoms with Gasteiger partial charge >= 0.3 is 17.9 Å². The lowest BCUT2D eigenvalue weighted by atomic mass is 9.93. The summed E-state index contributed by atoms with van der Waals surface area (Å²) in [5.41, 5.74) is 5.75. The molecule has 5 rings (SSSR count). The standard InChI is InChI=1S/C39H40F2N4O5S.H2O/c1-3-45(34-12-8-5-9-13-34)51(50)35-24-32(21-14-27(35)2)43-38(49)44(33-22-19-30(20-23-33)29-10-6-4-7-11-29)25-28-15-17-31(18-16-28)36(46)42-26-39(40,41)37(47)48;/h5,8-10,12-24H,3-4,6-7,11,25-26H2,1-2H3,(H,42,46)(H,43,49)(H,47,48);1H2. The van der Waals surface area contributed by atoms with Crippen LogP contribution in [-0.4, -0.2) is 51.7 Å². The summed E-state index contributed by atoms with van der Waals surface area (Å²) in [6, 6.07) is 28.1. The Bertz CT molecular complexity index is 1920. The van der Waals surface area contributed by atoms with Crippen LogP contribution in [0, 0.1) is 6.92 Å². The largest absolute Gasteiger partial charge is 0.477 e. The maximum atomic E-state index is 14.0. The normalized spacial score (nSPS) is 13.2. The number of nitrogens with zero attached hydrogens (tertiary/aromatic N) is 2. The van der Waals surface area contributed by atoms with Crippen LogP contribution in [0.5, 0.6) is 0 Å². The highest BCUT2D eigenvalue weighted by molar-refractivity contribution is 7.86. The molecular formula is C39H42F2N4O6S. The molecule has 0 aliphatic heterocycles. The minimum Gasteiger partial charge on any atom is -0.477 e. The number of allylic oxidation sites excluding steroid dienone is 2. The van der Waals surface area contributed by atoms with E-state index in [0.29, 0.717) is 28.4 Å². The predicted molar refractivity (Wildman–Crippen MR) is 200 cm³/mol. The molecule has 5 N–H and O–H groups in total.